The fraction of sp³-hybridized carbons (Fsp3) is 0.333. The van der Waals surface area contributed by atoms with Crippen LogP contribution in [0, 0.1) is 6.92 Å². The number of aliphatic hydroxyl groups excluding tert-OH is 1. The number of nitrogens with zero attached hydrogens (tertiary/aromatic N) is 1. The summed E-state index contributed by atoms with van der Waals surface area (Å²) in [5.74, 6) is 0.505. The summed E-state index contributed by atoms with van der Waals surface area (Å²) >= 11 is 3.41. The molecule has 0 aromatic heterocycles. The average Bonchev–Trinajstić information content (AvgIpc) is 2.70. The second-order valence-electron chi connectivity index (χ2n) is 6.43. The molecule has 0 aliphatic carbocycles. The molecule has 1 amide bonds. The highest BCUT2D eigenvalue weighted by atomic mass is 79.9. The van der Waals surface area contributed by atoms with Gasteiger partial charge in [0, 0.05) is 42.6 Å². The number of nitrogens with one attached hydrogen (secondary N) is 3. The van der Waals surface area contributed by atoms with Crippen LogP contribution < -0.4 is 16.0 Å². The molecule has 150 valence electrons. The van der Waals surface area contributed by atoms with Gasteiger partial charge in [-0.25, -0.2) is 0 Å². The van der Waals surface area contributed by atoms with Crippen LogP contribution in [0.2, 0.25) is 0 Å². The van der Waals surface area contributed by atoms with Crippen molar-refractivity contribution in [1.82, 2.24) is 10.6 Å². The third-order valence-electron chi connectivity index (χ3n) is 4.35. The number of carbonyl (C=O) groups is 1. The van der Waals surface area contributed by atoms with Gasteiger partial charge in [0.2, 0.25) is 5.91 Å². The number of hydrogen-bond acceptors (Lipinski definition) is 3. The van der Waals surface area contributed by atoms with Gasteiger partial charge in [-0.2, -0.15) is 0 Å². The van der Waals surface area contributed by atoms with Gasteiger partial charge in [0.25, 0.3) is 0 Å². The molecular weight excluding hydrogens is 420 g/mol. The molecule has 1 unspecified atom stereocenters. The first kappa shape index (κ1) is 21.9. The standard InChI is InChI=1S/C21H27BrN4O2/c1-15-8-9-18(22)12-19(15)26-20(28)10-11-24-21(23-2)25-13-17(14-27)16-6-4-3-5-7-16/h3-9,12,17,27H,10-11,13-14H2,1-2H3,(H,26,28)(H2,23,24,25). The van der Waals surface area contributed by atoms with Gasteiger partial charge in [0.1, 0.15) is 0 Å². The largest absolute Gasteiger partial charge is 0.396 e. The number of carbonyl (C=O) groups excluding carboxylic acids is 1. The summed E-state index contributed by atoms with van der Waals surface area (Å²) in [7, 11) is 1.68. The van der Waals surface area contributed by atoms with Crippen molar-refractivity contribution >= 4 is 33.5 Å². The maximum Gasteiger partial charge on any atom is 0.226 e. The highest BCUT2D eigenvalue weighted by molar-refractivity contribution is 9.10. The highest BCUT2D eigenvalue weighted by Gasteiger charge is 2.11. The summed E-state index contributed by atoms with van der Waals surface area (Å²) in [5.41, 5.74) is 2.88. The number of aliphatic hydroxyl groups is 1. The van der Waals surface area contributed by atoms with E-state index in [1.807, 2.05) is 55.5 Å². The molecule has 2 aromatic carbocycles. The number of guanidine groups is 1. The molecule has 0 fully saturated rings. The van der Waals surface area contributed by atoms with Gasteiger partial charge in [-0.3, -0.25) is 9.79 Å². The number of aryl methyl sites for hydroxylation is 1. The van der Waals surface area contributed by atoms with E-state index in [0.29, 0.717) is 25.5 Å². The van der Waals surface area contributed by atoms with Gasteiger partial charge in [-0.05, 0) is 30.2 Å². The molecule has 4 N–H and O–H groups in total. The Morgan fingerprint density at radius 3 is 2.61 bits per heavy atom. The third kappa shape index (κ3) is 6.98. The van der Waals surface area contributed by atoms with Gasteiger partial charge in [-0.15, -0.1) is 0 Å². The van der Waals surface area contributed by atoms with Crippen LogP contribution in [0.25, 0.3) is 0 Å². The summed E-state index contributed by atoms with van der Waals surface area (Å²) in [6, 6.07) is 15.6. The Morgan fingerprint density at radius 1 is 1.18 bits per heavy atom. The van der Waals surface area contributed by atoms with E-state index in [1.54, 1.807) is 7.05 Å². The Hall–Kier alpha value is -2.38. The van der Waals surface area contributed by atoms with Crippen LogP contribution >= 0.6 is 15.9 Å². The molecule has 2 rings (SSSR count). The molecule has 0 saturated carbocycles. The van der Waals surface area contributed by atoms with Crippen LogP contribution in [0.4, 0.5) is 5.69 Å². The van der Waals surface area contributed by atoms with Crippen molar-refractivity contribution in [2.24, 2.45) is 4.99 Å². The minimum absolute atomic E-state index is 0.0254. The van der Waals surface area contributed by atoms with E-state index >= 15 is 0 Å². The van der Waals surface area contributed by atoms with Crippen LogP contribution in [0.3, 0.4) is 0 Å². The van der Waals surface area contributed by atoms with Crippen LogP contribution in [-0.2, 0) is 4.79 Å². The van der Waals surface area contributed by atoms with Gasteiger partial charge < -0.3 is 21.1 Å². The van der Waals surface area contributed by atoms with Crippen LogP contribution in [0.15, 0.2) is 58.0 Å². The summed E-state index contributed by atoms with van der Waals surface area (Å²) in [6.45, 7) is 3.00. The minimum Gasteiger partial charge on any atom is -0.396 e. The van der Waals surface area contributed by atoms with Crippen molar-refractivity contribution in [3.8, 4) is 0 Å². The number of hydrogen-bond donors (Lipinski definition) is 4. The first-order chi connectivity index (χ1) is 13.5. The van der Waals surface area contributed by atoms with Gasteiger partial charge >= 0.3 is 0 Å². The topological polar surface area (TPSA) is 85.8 Å². The highest BCUT2D eigenvalue weighted by Crippen LogP contribution is 2.20. The van der Waals surface area contributed by atoms with Crippen molar-refractivity contribution in [3.05, 3.63) is 64.1 Å². The summed E-state index contributed by atoms with van der Waals surface area (Å²) in [6.07, 6.45) is 0.314. The number of rotatable bonds is 8. The van der Waals surface area contributed by atoms with E-state index in [0.717, 1.165) is 21.3 Å². The molecule has 7 heteroatoms. The van der Waals surface area contributed by atoms with E-state index in [2.05, 4.69) is 36.9 Å². The molecule has 0 spiro atoms. The van der Waals surface area contributed by atoms with E-state index in [9.17, 15) is 9.90 Å². The van der Waals surface area contributed by atoms with Crippen LogP contribution in [0.1, 0.15) is 23.5 Å². The van der Waals surface area contributed by atoms with Crippen molar-refractivity contribution in [2.45, 2.75) is 19.3 Å². The summed E-state index contributed by atoms with van der Waals surface area (Å²) in [4.78, 5) is 16.4. The van der Waals surface area contributed by atoms with Gasteiger partial charge in [0.05, 0.1) is 6.61 Å². The van der Waals surface area contributed by atoms with Gasteiger partial charge in [-0.1, -0.05) is 52.3 Å². The number of benzene rings is 2. The minimum atomic E-state index is -0.0679. The molecule has 6 nitrogen and oxygen atoms in total. The summed E-state index contributed by atoms with van der Waals surface area (Å²) < 4.78 is 0.924. The number of amides is 1. The quantitative estimate of drug-likeness (QED) is 0.370. The summed E-state index contributed by atoms with van der Waals surface area (Å²) in [5, 5.41) is 18.9. The molecule has 1 atom stereocenters. The normalized spacial score (nSPS) is 12.4. The van der Waals surface area contributed by atoms with Crippen molar-refractivity contribution in [3.63, 3.8) is 0 Å². The van der Waals surface area contributed by atoms with Crippen LogP contribution in [-0.4, -0.2) is 43.7 Å². The van der Waals surface area contributed by atoms with E-state index < -0.39 is 0 Å². The SMILES string of the molecule is CN=C(NCCC(=O)Nc1cc(Br)ccc1C)NCC(CO)c1ccccc1. The molecule has 28 heavy (non-hydrogen) atoms. The first-order valence-corrected chi connectivity index (χ1v) is 9.99. The Kier molecular flexibility index (Phi) is 8.97. The zero-order chi connectivity index (χ0) is 20.4. The third-order valence-corrected chi connectivity index (χ3v) is 4.84. The number of anilines is 1. The lowest BCUT2D eigenvalue weighted by atomic mass is 10.0. The monoisotopic (exact) mass is 446 g/mol. The number of halogens is 1. The molecule has 0 heterocycles. The number of aliphatic imine (C=N–C) groups is 1. The van der Waals surface area contributed by atoms with Crippen LogP contribution in [0.5, 0.6) is 0 Å². The van der Waals surface area contributed by atoms with Crippen molar-refractivity contribution < 1.29 is 9.90 Å². The molecule has 2 aromatic rings. The first-order valence-electron chi connectivity index (χ1n) is 9.19. The predicted octanol–water partition coefficient (Wildman–Crippen LogP) is 3.03. The molecule has 0 aliphatic heterocycles. The zero-order valence-electron chi connectivity index (χ0n) is 16.2. The lowest BCUT2D eigenvalue weighted by Gasteiger charge is -2.18. The smallest absolute Gasteiger partial charge is 0.226 e. The second-order valence-corrected chi connectivity index (χ2v) is 7.34. The van der Waals surface area contributed by atoms with Crippen molar-refractivity contribution in [1.29, 1.82) is 0 Å². The van der Waals surface area contributed by atoms with E-state index in [1.165, 1.54) is 0 Å². The Balaban J connectivity index is 1.77. The second kappa shape index (κ2) is 11.5. The van der Waals surface area contributed by atoms with Crippen molar-refractivity contribution in [2.75, 3.05) is 32.1 Å². The van der Waals surface area contributed by atoms with E-state index in [-0.39, 0.29) is 18.4 Å². The molecule has 0 aliphatic rings. The Labute approximate surface area is 174 Å². The van der Waals surface area contributed by atoms with E-state index in [4.69, 9.17) is 0 Å². The molecule has 0 bridgehead atoms. The lowest BCUT2D eigenvalue weighted by Crippen LogP contribution is -2.41. The molecular formula is C21H27BrN4O2. The maximum absolute atomic E-state index is 12.2. The lowest BCUT2D eigenvalue weighted by molar-refractivity contribution is -0.116. The zero-order valence-corrected chi connectivity index (χ0v) is 17.8. The Bertz CT molecular complexity index is 796. The Morgan fingerprint density at radius 2 is 1.93 bits per heavy atom. The molecule has 0 radical (unpaired) electrons. The van der Waals surface area contributed by atoms with Gasteiger partial charge in [0.15, 0.2) is 5.96 Å². The predicted molar refractivity (Wildman–Crippen MR) is 118 cm³/mol. The fourth-order valence-corrected chi connectivity index (χ4v) is 3.05. The fourth-order valence-electron chi connectivity index (χ4n) is 2.69. The average molecular weight is 447 g/mol. The molecule has 0 saturated heterocycles. The maximum atomic E-state index is 12.2.